The summed E-state index contributed by atoms with van der Waals surface area (Å²) in [6, 6.07) is 22.0. The number of para-hydroxylation sites is 2. The van der Waals surface area contributed by atoms with Crippen LogP contribution < -0.4 is 44.7 Å². The fourth-order valence-corrected chi connectivity index (χ4v) is 6.76. The van der Waals surface area contributed by atoms with Crippen molar-refractivity contribution in [2.75, 3.05) is 5.32 Å². The number of amides is 1. The molecule has 0 aromatic heterocycles. The van der Waals surface area contributed by atoms with Crippen LogP contribution in [0.5, 0.6) is 11.5 Å². The number of aryl methyl sites for hydroxylation is 1. The minimum Gasteiger partial charge on any atom is -0.550 e. The van der Waals surface area contributed by atoms with Gasteiger partial charge in [0.25, 0.3) is 0 Å². The fraction of sp³-hybridized carbons (Fsp3) is 0.447. The maximum Gasteiger partial charge on any atom is 1.00 e. The number of carbonyl (C=O) groups excluding carboxylic acids is 3. The Hall–Kier alpha value is -3.13. The van der Waals surface area contributed by atoms with E-state index in [-0.39, 0.29) is 78.1 Å². The molecule has 0 spiro atoms. The van der Waals surface area contributed by atoms with Crippen LogP contribution in [-0.4, -0.2) is 23.9 Å². The van der Waals surface area contributed by atoms with Crippen molar-refractivity contribution in [3.05, 3.63) is 89.0 Å². The third-order valence-corrected chi connectivity index (χ3v) is 9.07. The third kappa shape index (κ3) is 9.24. The molecule has 1 heterocycles. The molecule has 0 radical (unpaired) electrons. The zero-order valence-electron chi connectivity index (χ0n) is 27.6. The van der Waals surface area contributed by atoms with E-state index < -0.39 is 11.9 Å². The van der Waals surface area contributed by atoms with E-state index in [0.29, 0.717) is 12.8 Å². The number of anilines is 1. The summed E-state index contributed by atoms with van der Waals surface area (Å²) in [5.41, 5.74) is 4.69. The first-order chi connectivity index (χ1) is 21.6. The zero-order chi connectivity index (χ0) is 32.0. The Labute approximate surface area is 294 Å². The summed E-state index contributed by atoms with van der Waals surface area (Å²) in [4.78, 5) is 37.1. The van der Waals surface area contributed by atoms with Gasteiger partial charge in [0, 0.05) is 35.1 Å². The molecule has 1 unspecified atom stereocenters. The molecular weight excluding hydrogens is 589 g/mol. The molecule has 1 atom stereocenters. The molecule has 8 heteroatoms. The second-order valence-corrected chi connectivity index (χ2v) is 13.4. The molecule has 2 aliphatic rings. The molecule has 46 heavy (non-hydrogen) atoms. The number of carboxylic acids is 1. The Morgan fingerprint density at radius 2 is 1.54 bits per heavy atom. The average molecular weight is 634 g/mol. The normalized spacial score (nSPS) is 15.4. The monoisotopic (exact) mass is 633 g/mol. The molecule has 3 aromatic carbocycles. The number of rotatable bonds is 11. The van der Waals surface area contributed by atoms with Crippen LogP contribution in [0.25, 0.3) is 0 Å². The SMILES string of the molecule is CC(C)(C)c1ccc(CCC(OC(=O)CCC(=O)[O-])C2CCCCC2)cc1NC(=O)CC1c2ccccc2Oc2ccccc21.[Na+]. The van der Waals surface area contributed by atoms with Gasteiger partial charge in [0.1, 0.15) is 17.6 Å². The molecule has 238 valence electrons. The van der Waals surface area contributed by atoms with E-state index in [1.165, 1.54) is 6.42 Å². The first-order valence-corrected chi connectivity index (χ1v) is 16.3. The minimum absolute atomic E-state index is 0. The van der Waals surface area contributed by atoms with Gasteiger partial charge in [-0.25, -0.2) is 0 Å². The Morgan fingerprint density at radius 1 is 0.913 bits per heavy atom. The Kier molecular flexibility index (Phi) is 12.5. The van der Waals surface area contributed by atoms with Crippen molar-refractivity contribution in [2.45, 2.75) is 102 Å². The van der Waals surface area contributed by atoms with Gasteiger partial charge < -0.3 is 24.7 Å². The van der Waals surface area contributed by atoms with Gasteiger partial charge >= 0.3 is 35.5 Å². The summed E-state index contributed by atoms with van der Waals surface area (Å²) in [5, 5.41) is 14.1. The summed E-state index contributed by atoms with van der Waals surface area (Å²) in [5.74, 6) is -0.115. The number of ether oxygens (including phenoxy) is 2. The van der Waals surface area contributed by atoms with Crippen LogP contribution in [0.15, 0.2) is 66.7 Å². The van der Waals surface area contributed by atoms with Gasteiger partial charge in [-0.05, 0) is 72.8 Å². The van der Waals surface area contributed by atoms with Gasteiger partial charge in [0.2, 0.25) is 5.91 Å². The smallest absolute Gasteiger partial charge is 0.550 e. The van der Waals surface area contributed by atoms with Crippen molar-refractivity contribution in [1.82, 2.24) is 0 Å². The number of esters is 1. The first kappa shape index (κ1) is 35.7. The van der Waals surface area contributed by atoms with Crippen molar-refractivity contribution < 1.29 is 58.5 Å². The van der Waals surface area contributed by atoms with Crippen LogP contribution in [0, 0.1) is 5.92 Å². The third-order valence-electron chi connectivity index (χ3n) is 9.07. The molecule has 1 N–H and O–H groups in total. The molecule has 7 nitrogen and oxygen atoms in total. The zero-order valence-corrected chi connectivity index (χ0v) is 29.6. The number of hydrogen-bond donors (Lipinski definition) is 1. The topological polar surface area (TPSA) is 105 Å². The van der Waals surface area contributed by atoms with Gasteiger partial charge in [-0.15, -0.1) is 0 Å². The van der Waals surface area contributed by atoms with Gasteiger partial charge in [-0.3, -0.25) is 9.59 Å². The van der Waals surface area contributed by atoms with E-state index in [0.717, 1.165) is 65.1 Å². The van der Waals surface area contributed by atoms with Crippen molar-refractivity contribution in [2.24, 2.45) is 5.92 Å². The molecule has 5 rings (SSSR count). The molecule has 0 saturated heterocycles. The van der Waals surface area contributed by atoms with Gasteiger partial charge in [-0.2, -0.15) is 0 Å². The quantitative estimate of drug-likeness (QED) is 0.251. The maximum atomic E-state index is 13.7. The summed E-state index contributed by atoms with van der Waals surface area (Å²) in [6.07, 6.45) is 6.20. The van der Waals surface area contributed by atoms with E-state index in [9.17, 15) is 19.5 Å². The predicted octanol–water partition coefficient (Wildman–Crippen LogP) is 4.21. The molecule has 1 saturated carbocycles. The maximum absolute atomic E-state index is 13.7. The molecular formula is C38H44NNaO6. The van der Waals surface area contributed by atoms with E-state index in [1.807, 2.05) is 48.5 Å². The van der Waals surface area contributed by atoms with Crippen molar-refractivity contribution in [3.8, 4) is 11.5 Å². The Balaban J connectivity index is 0.00000480. The summed E-state index contributed by atoms with van der Waals surface area (Å²) in [7, 11) is 0. The van der Waals surface area contributed by atoms with Gasteiger partial charge in [0.05, 0.1) is 6.42 Å². The second-order valence-electron chi connectivity index (χ2n) is 13.4. The molecule has 1 aliphatic carbocycles. The van der Waals surface area contributed by atoms with Crippen LogP contribution in [0.3, 0.4) is 0 Å². The van der Waals surface area contributed by atoms with Crippen molar-refractivity contribution >= 4 is 23.5 Å². The van der Waals surface area contributed by atoms with E-state index in [1.54, 1.807) is 0 Å². The molecule has 1 amide bonds. The number of hydrogen-bond acceptors (Lipinski definition) is 6. The van der Waals surface area contributed by atoms with Crippen LogP contribution >= 0.6 is 0 Å². The number of nitrogens with one attached hydrogen (secondary N) is 1. The Morgan fingerprint density at radius 3 is 2.15 bits per heavy atom. The number of carbonyl (C=O) groups is 3. The molecule has 1 fully saturated rings. The van der Waals surface area contributed by atoms with Gasteiger partial charge in [0.15, 0.2) is 0 Å². The largest absolute Gasteiger partial charge is 1.00 e. The summed E-state index contributed by atoms with van der Waals surface area (Å²) >= 11 is 0. The van der Waals surface area contributed by atoms with Crippen LogP contribution in [-0.2, 0) is 31.0 Å². The minimum atomic E-state index is -1.25. The van der Waals surface area contributed by atoms with Crippen molar-refractivity contribution in [3.63, 3.8) is 0 Å². The predicted molar refractivity (Wildman–Crippen MR) is 172 cm³/mol. The first-order valence-electron chi connectivity index (χ1n) is 16.3. The summed E-state index contributed by atoms with van der Waals surface area (Å²) in [6.45, 7) is 6.40. The number of carboxylic acid groups (broad SMARTS) is 1. The second kappa shape index (κ2) is 16.1. The van der Waals surface area contributed by atoms with Crippen molar-refractivity contribution in [1.29, 1.82) is 0 Å². The Bertz CT molecular complexity index is 1480. The van der Waals surface area contributed by atoms with Crippen LogP contribution in [0.2, 0.25) is 0 Å². The van der Waals surface area contributed by atoms with Crippen LogP contribution in [0.4, 0.5) is 5.69 Å². The number of aliphatic carboxylic acids is 1. The molecule has 3 aromatic rings. The van der Waals surface area contributed by atoms with E-state index >= 15 is 0 Å². The molecule has 0 bridgehead atoms. The number of fused-ring (bicyclic) bond motifs is 2. The fourth-order valence-electron chi connectivity index (χ4n) is 6.76. The number of benzene rings is 3. The van der Waals surface area contributed by atoms with Gasteiger partial charge in [-0.1, -0.05) is 88.6 Å². The molecule has 1 aliphatic heterocycles. The standard InChI is InChI=1S/C38H45NO6.Na/c1-38(2,3)30-19-17-25(18-20-32(26-11-5-4-6-12-26)45-37(43)22-21-36(41)42)23-31(30)39-35(40)24-29-27-13-7-9-15-33(27)44-34-16-10-8-14-28(29)34;/h7-10,13-17,19,23,26,29,32H,4-6,11-12,18,20-22,24H2,1-3H3,(H,39,40)(H,41,42);/q;+1/p-1. The van der Waals surface area contributed by atoms with Crippen LogP contribution in [0.1, 0.15) is 107 Å². The van der Waals surface area contributed by atoms with E-state index in [4.69, 9.17) is 9.47 Å². The average Bonchev–Trinajstić information content (AvgIpc) is 3.02. The summed E-state index contributed by atoms with van der Waals surface area (Å²) < 4.78 is 12.0. The van der Waals surface area contributed by atoms with E-state index in [2.05, 4.69) is 44.3 Å².